The summed E-state index contributed by atoms with van der Waals surface area (Å²) in [6.45, 7) is 2.11. The SMILES string of the molecule is Cc1cccc(C2CC(=O)CC3C=CC=CC32)c1. The second-order valence-electron chi connectivity index (χ2n) is 5.48. The fourth-order valence-corrected chi connectivity index (χ4v) is 3.28. The van der Waals surface area contributed by atoms with E-state index in [1.165, 1.54) is 11.1 Å². The third-order valence-electron chi connectivity index (χ3n) is 4.14. The molecule has 0 N–H and O–H groups in total. The van der Waals surface area contributed by atoms with Crippen molar-refractivity contribution in [3.05, 3.63) is 59.7 Å². The van der Waals surface area contributed by atoms with Gasteiger partial charge in [0.15, 0.2) is 0 Å². The van der Waals surface area contributed by atoms with E-state index >= 15 is 0 Å². The molecule has 1 heteroatoms. The van der Waals surface area contributed by atoms with Gasteiger partial charge >= 0.3 is 0 Å². The highest BCUT2D eigenvalue weighted by Gasteiger charge is 2.35. The van der Waals surface area contributed by atoms with Crippen LogP contribution in [-0.4, -0.2) is 5.78 Å². The Morgan fingerprint density at radius 2 is 1.94 bits per heavy atom. The molecular weight excluding hydrogens is 220 g/mol. The Balaban J connectivity index is 1.96. The van der Waals surface area contributed by atoms with Crippen LogP contribution in [0.25, 0.3) is 0 Å². The molecule has 3 atom stereocenters. The van der Waals surface area contributed by atoms with Crippen LogP contribution in [0, 0.1) is 18.8 Å². The van der Waals surface area contributed by atoms with Gasteiger partial charge < -0.3 is 0 Å². The lowest BCUT2D eigenvalue weighted by molar-refractivity contribution is -0.122. The molecular formula is C17H18O. The average molecular weight is 238 g/mol. The number of aryl methyl sites for hydroxylation is 1. The molecule has 92 valence electrons. The molecule has 0 aliphatic heterocycles. The smallest absolute Gasteiger partial charge is 0.134 e. The number of Topliss-reactive ketones (excluding diaryl/α,β-unsaturated/α-hetero) is 1. The second-order valence-corrected chi connectivity index (χ2v) is 5.48. The summed E-state index contributed by atoms with van der Waals surface area (Å²) in [5.74, 6) is 1.66. The molecule has 0 amide bonds. The fraction of sp³-hybridized carbons (Fsp3) is 0.353. The Kier molecular flexibility index (Phi) is 2.91. The van der Waals surface area contributed by atoms with Crippen LogP contribution >= 0.6 is 0 Å². The predicted molar refractivity (Wildman–Crippen MR) is 73.4 cm³/mol. The predicted octanol–water partition coefficient (Wildman–Crippen LogP) is 3.80. The summed E-state index contributed by atoms with van der Waals surface area (Å²) in [5, 5.41) is 0. The zero-order valence-electron chi connectivity index (χ0n) is 10.7. The molecule has 1 aromatic carbocycles. The maximum Gasteiger partial charge on any atom is 0.134 e. The minimum Gasteiger partial charge on any atom is -0.300 e. The number of fused-ring (bicyclic) bond motifs is 1. The Hall–Kier alpha value is -1.63. The second kappa shape index (κ2) is 4.56. The zero-order valence-corrected chi connectivity index (χ0v) is 10.7. The summed E-state index contributed by atoms with van der Waals surface area (Å²) in [6.07, 6.45) is 10.1. The van der Waals surface area contributed by atoms with Crippen LogP contribution in [0.4, 0.5) is 0 Å². The van der Waals surface area contributed by atoms with Crippen LogP contribution in [0.3, 0.4) is 0 Å². The molecule has 1 fully saturated rings. The summed E-state index contributed by atoms with van der Waals surface area (Å²) in [6, 6.07) is 8.61. The first-order chi connectivity index (χ1) is 8.74. The van der Waals surface area contributed by atoms with Crippen molar-refractivity contribution in [1.82, 2.24) is 0 Å². The van der Waals surface area contributed by atoms with E-state index in [4.69, 9.17) is 0 Å². The summed E-state index contributed by atoms with van der Waals surface area (Å²) < 4.78 is 0. The number of ketones is 1. The molecule has 1 nitrogen and oxygen atoms in total. The maximum absolute atomic E-state index is 11.9. The average Bonchev–Trinajstić information content (AvgIpc) is 2.37. The van der Waals surface area contributed by atoms with Gasteiger partial charge in [0, 0.05) is 12.8 Å². The standard InChI is InChI=1S/C17H18O/c1-12-5-4-7-13(9-12)17-11-15(18)10-14-6-2-3-8-16(14)17/h2-9,14,16-17H,10-11H2,1H3. The molecule has 3 unspecified atom stereocenters. The summed E-state index contributed by atoms with van der Waals surface area (Å²) >= 11 is 0. The monoisotopic (exact) mass is 238 g/mol. The van der Waals surface area contributed by atoms with Gasteiger partial charge in [0.05, 0.1) is 0 Å². The Labute approximate surface area is 108 Å². The van der Waals surface area contributed by atoms with Crippen LogP contribution in [0.1, 0.15) is 29.9 Å². The van der Waals surface area contributed by atoms with Crippen molar-refractivity contribution in [2.45, 2.75) is 25.7 Å². The van der Waals surface area contributed by atoms with E-state index < -0.39 is 0 Å². The van der Waals surface area contributed by atoms with Gasteiger partial charge in [-0.25, -0.2) is 0 Å². The Morgan fingerprint density at radius 1 is 1.11 bits per heavy atom. The maximum atomic E-state index is 11.9. The van der Waals surface area contributed by atoms with Crippen molar-refractivity contribution in [3.63, 3.8) is 0 Å². The lowest BCUT2D eigenvalue weighted by Gasteiger charge is -2.36. The molecule has 0 spiro atoms. The van der Waals surface area contributed by atoms with E-state index in [0.717, 1.165) is 0 Å². The number of carbonyl (C=O) groups is 1. The summed E-state index contributed by atoms with van der Waals surface area (Å²) in [5.41, 5.74) is 2.59. The lowest BCUT2D eigenvalue weighted by atomic mass is 9.67. The van der Waals surface area contributed by atoms with Crippen molar-refractivity contribution in [1.29, 1.82) is 0 Å². The topological polar surface area (TPSA) is 17.1 Å². The van der Waals surface area contributed by atoms with E-state index in [0.29, 0.717) is 36.4 Å². The van der Waals surface area contributed by atoms with E-state index in [1.807, 2.05) is 0 Å². The molecule has 0 bridgehead atoms. The lowest BCUT2D eigenvalue weighted by Crippen LogP contribution is -2.30. The van der Waals surface area contributed by atoms with Crippen molar-refractivity contribution in [2.24, 2.45) is 11.8 Å². The van der Waals surface area contributed by atoms with Crippen LogP contribution in [0.15, 0.2) is 48.6 Å². The van der Waals surface area contributed by atoms with Gasteiger partial charge in [0.25, 0.3) is 0 Å². The third kappa shape index (κ3) is 2.05. The van der Waals surface area contributed by atoms with Crippen molar-refractivity contribution < 1.29 is 4.79 Å². The molecule has 2 aliphatic carbocycles. The fourth-order valence-electron chi connectivity index (χ4n) is 3.28. The van der Waals surface area contributed by atoms with Gasteiger partial charge in [-0.3, -0.25) is 4.79 Å². The highest BCUT2D eigenvalue weighted by Crippen LogP contribution is 2.42. The normalized spacial score (nSPS) is 30.3. The van der Waals surface area contributed by atoms with Crippen LogP contribution in [0.2, 0.25) is 0 Å². The largest absolute Gasteiger partial charge is 0.300 e. The number of carbonyl (C=O) groups excluding carboxylic acids is 1. The van der Waals surface area contributed by atoms with Crippen LogP contribution < -0.4 is 0 Å². The third-order valence-corrected chi connectivity index (χ3v) is 4.14. The number of rotatable bonds is 1. The number of benzene rings is 1. The molecule has 2 aliphatic rings. The molecule has 0 heterocycles. The number of hydrogen-bond donors (Lipinski definition) is 0. The quantitative estimate of drug-likeness (QED) is 0.727. The zero-order chi connectivity index (χ0) is 12.5. The van der Waals surface area contributed by atoms with Gasteiger partial charge in [-0.1, -0.05) is 54.1 Å². The highest BCUT2D eigenvalue weighted by molar-refractivity contribution is 5.81. The molecule has 0 saturated heterocycles. The first kappa shape index (κ1) is 11.5. The Bertz CT molecular complexity index is 524. The van der Waals surface area contributed by atoms with Crippen molar-refractivity contribution >= 4 is 5.78 Å². The summed E-state index contributed by atoms with van der Waals surface area (Å²) in [7, 11) is 0. The Morgan fingerprint density at radius 3 is 2.78 bits per heavy atom. The van der Waals surface area contributed by atoms with Gasteiger partial charge in [0.2, 0.25) is 0 Å². The molecule has 1 saturated carbocycles. The molecule has 3 rings (SSSR count). The van der Waals surface area contributed by atoms with Crippen LogP contribution in [0.5, 0.6) is 0 Å². The minimum atomic E-state index is 0.359. The molecule has 0 aromatic heterocycles. The first-order valence-corrected chi connectivity index (χ1v) is 6.67. The van der Waals surface area contributed by atoms with Crippen molar-refractivity contribution in [3.8, 4) is 0 Å². The van der Waals surface area contributed by atoms with Crippen molar-refractivity contribution in [2.75, 3.05) is 0 Å². The number of allylic oxidation sites excluding steroid dienone is 4. The molecule has 18 heavy (non-hydrogen) atoms. The van der Waals surface area contributed by atoms with E-state index in [9.17, 15) is 4.79 Å². The van der Waals surface area contributed by atoms with Crippen LogP contribution in [-0.2, 0) is 4.79 Å². The van der Waals surface area contributed by atoms with Gasteiger partial charge in [-0.15, -0.1) is 0 Å². The first-order valence-electron chi connectivity index (χ1n) is 6.67. The van der Waals surface area contributed by atoms with E-state index in [1.54, 1.807) is 0 Å². The van der Waals surface area contributed by atoms with Gasteiger partial charge in [-0.05, 0) is 30.2 Å². The van der Waals surface area contributed by atoms with E-state index in [2.05, 4.69) is 55.5 Å². The number of hydrogen-bond acceptors (Lipinski definition) is 1. The summed E-state index contributed by atoms with van der Waals surface area (Å²) in [4.78, 5) is 11.9. The highest BCUT2D eigenvalue weighted by atomic mass is 16.1. The molecule has 0 radical (unpaired) electrons. The van der Waals surface area contributed by atoms with Gasteiger partial charge in [-0.2, -0.15) is 0 Å². The van der Waals surface area contributed by atoms with E-state index in [-0.39, 0.29) is 0 Å². The van der Waals surface area contributed by atoms with Gasteiger partial charge in [0.1, 0.15) is 5.78 Å². The molecule has 1 aromatic rings. The minimum absolute atomic E-state index is 0.359.